The SMILES string of the molecule is CCCCCCCCCCCCCCCCCC(=O)OC(=O)[C@@H](N)CCC(=O)[O-].CCCCCCCCCCCCCCCCCC(=O)OC(=O)[C@@H](N)CCC(=O)[O-].CCCCCCCCCCCCCCCCCC(=O)OC(=O)[C@@H](N)CCC(=O)[O][Al]([O]C(=O)CC[C@H](N)C(=O)OC(=O)CCCCCCCCCCCCCCCCC)[O]C(=O)CC[C@H](N)C(=O)OC(=O)CCCCCCCCCCCCCCCCC.[Na+].[Na+]. The maximum Gasteiger partial charge on any atom is 1.20 e. The van der Waals surface area contributed by atoms with Gasteiger partial charge in [0.1, 0.15) is 30.2 Å². The van der Waals surface area contributed by atoms with E-state index in [1.54, 1.807) is 0 Å². The van der Waals surface area contributed by atoms with Crippen molar-refractivity contribution in [3.8, 4) is 0 Å². The minimum atomic E-state index is -4.03. The van der Waals surface area contributed by atoms with Crippen LogP contribution in [0.2, 0.25) is 0 Å². The van der Waals surface area contributed by atoms with Crippen molar-refractivity contribution in [2.75, 3.05) is 0 Å². The van der Waals surface area contributed by atoms with Crippen LogP contribution in [0.15, 0.2) is 0 Å². The first-order chi connectivity index (χ1) is 70.6. The quantitative estimate of drug-likeness (QED) is 0.0124. The molecule has 0 unspecified atom stereocenters. The van der Waals surface area contributed by atoms with Crippen LogP contribution in [-0.4, -0.2) is 135 Å². The van der Waals surface area contributed by atoms with Crippen LogP contribution in [0.3, 0.4) is 0 Å². The van der Waals surface area contributed by atoms with Crippen LogP contribution in [0.1, 0.15) is 612 Å². The summed E-state index contributed by atoms with van der Waals surface area (Å²) in [7, 11) is 0. The summed E-state index contributed by atoms with van der Waals surface area (Å²) in [4.78, 5) is 181. The van der Waals surface area contributed by atoms with Gasteiger partial charge in [-0.1, -0.05) is 484 Å². The van der Waals surface area contributed by atoms with Gasteiger partial charge in [-0.25, -0.2) is 24.0 Å². The van der Waals surface area contributed by atoms with Crippen LogP contribution in [0.5, 0.6) is 0 Å². The standard InChI is InChI=1S/5C23H43NO5.Al.2Na/c5*1-2-3-4-5-6-7-8-9-10-11-12-13-14-15-16-17-22(27)29-23(28)20(24)18-19-21(25)26;;;/h5*20H,2-19,24H2,1H3,(H,25,26);;;/q;;;;;+3;2*+1/p-5/t5*20-;;;/m00000.../s1. The summed E-state index contributed by atoms with van der Waals surface area (Å²) in [6.07, 6.45) is 87.1. The van der Waals surface area contributed by atoms with Gasteiger partial charge in [0.25, 0.3) is 17.9 Å². The fraction of sp³-hybridized carbons (Fsp3) is 0.870. The minimum absolute atomic E-state index is 0. The average molecular weight is 2140 g/mol. The van der Waals surface area contributed by atoms with Gasteiger partial charge in [0, 0.05) is 63.3 Å². The molecule has 0 aromatic carbocycles. The molecule has 0 rings (SSSR count). The Bertz CT molecular complexity index is 2980. The number of carboxylic acids is 2. The van der Waals surface area contributed by atoms with Crippen molar-refractivity contribution >= 4 is 105 Å². The Morgan fingerprint density at radius 3 is 0.392 bits per heavy atom. The summed E-state index contributed by atoms with van der Waals surface area (Å²) in [6.45, 7) is 11.2. The summed E-state index contributed by atoms with van der Waals surface area (Å²) in [5, 5.41) is 20.7. The molecule has 30 nitrogen and oxygen atoms in total. The number of carbonyl (C=O) groups is 15. The topological polar surface area (TPSA) is 506 Å². The summed E-state index contributed by atoms with van der Waals surface area (Å²) in [5.41, 5.74) is 28.8. The molecule has 0 aliphatic carbocycles. The first kappa shape index (κ1) is 152. The van der Waals surface area contributed by atoms with Gasteiger partial charge in [-0.2, -0.15) is 0 Å². The predicted molar refractivity (Wildman–Crippen MR) is 573 cm³/mol. The van der Waals surface area contributed by atoms with Gasteiger partial charge in [-0.3, -0.25) is 38.4 Å². The van der Waals surface area contributed by atoms with E-state index in [1.165, 1.54) is 347 Å². The number of carboxylic acid groups (broad SMARTS) is 2. The van der Waals surface area contributed by atoms with Crippen LogP contribution in [0.25, 0.3) is 0 Å². The number of nitrogens with two attached hydrogens (primary N) is 5. The Labute approximate surface area is 945 Å². The van der Waals surface area contributed by atoms with E-state index in [9.17, 15) is 82.1 Å². The Morgan fingerprint density at radius 1 is 0.169 bits per heavy atom. The molecule has 5 atom stereocenters. The number of esters is 10. The van der Waals surface area contributed by atoms with Gasteiger partial charge in [0.15, 0.2) is 0 Å². The second kappa shape index (κ2) is 116. The molecule has 0 fully saturated rings. The summed E-state index contributed by atoms with van der Waals surface area (Å²) in [5.74, 6) is -13.9. The third-order valence-electron chi connectivity index (χ3n) is 26.5. The number of hydrogen-bond acceptors (Lipinski definition) is 30. The van der Waals surface area contributed by atoms with Gasteiger partial charge in [-0.15, -0.1) is 0 Å². The Kier molecular flexibility index (Phi) is 119. The molecule has 0 saturated heterocycles. The summed E-state index contributed by atoms with van der Waals surface area (Å²) < 4.78 is 39.9. The first-order valence-electron chi connectivity index (χ1n) is 59.1. The molecule has 148 heavy (non-hydrogen) atoms. The molecule has 0 aliphatic heterocycles. The van der Waals surface area contributed by atoms with Gasteiger partial charge in [-0.05, 0) is 77.0 Å². The predicted octanol–water partition coefficient (Wildman–Crippen LogP) is 18.3. The van der Waals surface area contributed by atoms with Crippen molar-refractivity contribution < 1.29 is 176 Å². The molecule has 0 heterocycles. The first-order valence-corrected chi connectivity index (χ1v) is 60.5. The summed E-state index contributed by atoms with van der Waals surface area (Å²) >= 11 is -4.03. The fourth-order valence-electron chi connectivity index (χ4n) is 16.9. The molecule has 10 N–H and O–H groups in total. The van der Waals surface area contributed by atoms with Crippen molar-refractivity contribution in [3.05, 3.63) is 0 Å². The van der Waals surface area contributed by atoms with Crippen molar-refractivity contribution in [1.82, 2.24) is 0 Å². The second-order valence-electron chi connectivity index (χ2n) is 40.7. The average Bonchev–Trinajstić information content (AvgIpc) is 0.899. The third-order valence-corrected chi connectivity index (χ3v) is 27.9. The Hall–Kier alpha value is -4.62. The minimum Gasteiger partial charge on any atom is -0.551 e. The largest absolute Gasteiger partial charge is 1.20 e. The summed E-state index contributed by atoms with van der Waals surface area (Å²) in [6, 6.07) is -6.37. The van der Waals surface area contributed by atoms with Crippen LogP contribution in [0.4, 0.5) is 0 Å². The molecule has 0 radical (unpaired) electrons. The molecule has 0 saturated carbocycles. The van der Waals surface area contributed by atoms with E-state index in [0.717, 1.165) is 103 Å². The van der Waals surface area contributed by atoms with Crippen molar-refractivity contribution in [1.29, 1.82) is 0 Å². The molecule has 0 bridgehead atoms. The molecule has 0 aliphatic rings. The zero-order valence-electron chi connectivity index (χ0n) is 94.7. The number of hydrogen-bond donors (Lipinski definition) is 5. The number of rotatable bonds is 103. The van der Waals surface area contributed by atoms with Gasteiger partial charge in [0.05, 0.1) is 0 Å². The van der Waals surface area contributed by atoms with Crippen LogP contribution in [-0.2, 0) is 107 Å². The van der Waals surface area contributed by atoms with E-state index in [1.807, 2.05) is 0 Å². The number of carbonyl (C=O) groups excluding carboxylic acids is 15. The van der Waals surface area contributed by atoms with E-state index >= 15 is 0 Å². The number of ether oxygens (including phenoxy) is 5. The van der Waals surface area contributed by atoms with E-state index < -0.39 is 154 Å². The van der Waals surface area contributed by atoms with E-state index in [-0.39, 0.29) is 136 Å². The number of aliphatic carboxylic acids is 2. The van der Waals surface area contributed by atoms with Gasteiger partial charge < -0.3 is 83.5 Å². The van der Waals surface area contributed by atoms with E-state index in [2.05, 4.69) is 44.1 Å². The number of unbranched alkanes of at least 4 members (excludes halogenated alkanes) is 70. The van der Waals surface area contributed by atoms with Crippen molar-refractivity contribution in [2.24, 2.45) is 28.7 Å². The Balaban J connectivity index is -0.000000915. The van der Waals surface area contributed by atoms with Gasteiger partial charge >= 0.3 is 134 Å². The van der Waals surface area contributed by atoms with E-state index in [0.29, 0.717) is 32.1 Å². The van der Waals surface area contributed by atoms with Crippen LogP contribution >= 0.6 is 0 Å². The third kappa shape index (κ3) is 112. The molecular weight excluding hydrogens is 1920 g/mol. The van der Waals surface area contributed by atoms with Crippen molar-refractivity contribution in [3.63, 3.8) is 0 Å². The second-order valence-corrected chi connectivity index (χ2v) is 42.0. The zero-order valence-corrected chi connectivity index (χ0v) is 99.9. The molecule has 0 aromatic heterocycles. The molecule has 0 aromatic rings. The molecule has 33 heteroatoms. The maximum atomic E-state index is 13.0. The molecular formula is C115H210AlN5Na2O25. The molecule has 0 amide bonds. The molecule has 0 spiro atoms. The van der Waals surface area contributed by atoms with E-state index in [4.69, 9.17) is 54.2 Å². The Morgan fingerprint density at radius 2 is 0.277 bits per heavy atom. The van der Waals surface area contributed by atoms with Crippen LogP contribution < -0.4 is 98.0 Å². The normalized spacial score (nSPS) is 11.9. The van der Waals surface area contributed by atoms with Crippen molar-refractivity contribution in [2.45, 2.75) is 643 Å². The maximum absolute atomic E-state index is 13.0. The van der Waals surface area contributed by atoms with Gasteiger partial charge in [0.2, 0.25) is 0 Å². The fourth-order valence-corrected chi connectivity index (χ4v) is 18.1. The zero-order chi connectivity index (χ0) is 108. The monoisotopic (exact) mass is 2130 g/mol. The smallest absolute Gasteiger partial charge is 0.551 e. The molecule has 850 valence electrons. The van der Waals surface area contributed by atoms with Crippen LogP contribution in [0, 0.1) is 0 Å².